The Labute approximate surface area is 261 Å². The topological polar surface area (TPSA) is 91.2 Å². The van der Waals surface area contributed by atoms with E-state index in [9.17, 15) is 4.79 Å². The van der Waals surface area contributed by atoms with Crippen molar-refractivity contribution < 1.29 is 14.3 Å². The number of nitrogens with zero attached hydrogens (tertiary/aromatic N) is 4. The Morgan fingerprint density at radius 3 is 2.18 bits per heavy atom. The summed E-state index contributed by atoms with van der Waals surface area (Å²) in [5.74, 6) is 1.34. The SMILES string of the molecule is CC(C)(C)Oc1ccc(C[C@@H](CSc2nnnn2-c2ccccc2)NC(=O)OCC2c3ccccc3-c3ccccc32)cc1. The molecule has 0 radical (unpaired) electrons. The van der Waals surface area contributed by atoms with Crippen molar-refractivity contribution in [3.05, 3.63) is 120 Å². The summed E-state index contributed by atoms with van der Waals surface area (Å²) in [6, 6.07) is 34.1. The lowest BCUT2D eigenvalue weighted by atomic mass is 9.98. The molecule has 1 aliphatic carbocycles. The third-order valence-electron chi connectivity index (χ3n) is 7.35. The van der Waals surface area contributed by atoms with E-state index in [1.807, 2.05) is 99.6 Å². The van der Waals surface area contributed by atoms with E-state index in [0.717, 1.165) is 17.0 Å². The maximum Gasteiger partial charge on any atom is 0.407 e. The minimum absolute atomic E-state index is 0.00756. The second kappa shape index (κ2) is 12.9. The summed E-state index contributed by atoms with van der Waals surface area (Å²) in [5, 5.41) is 16.0. The Balaban J connectivity index is 1.15. The number of aromatic nitrogens is 4. The number of hydrogen-bond donors (Lipinski definition) is 1. The molecule has 8 nitrogen and oxygen atoms in total. The van der Waals surface area contributed by atoms with Crippen LogP contribution in [0.2, 0.25) is 0 Å². The minimum Gasteiger partial charge on any atom is -0.488 e. The molecule has 5 aromatic rings. The van der Waals surface area contributed by atoms with Crippen molar-refractivity contribution in [1.29, 1.82) is 0 Å². The highest BCUT2D eigenvalue weighted by molar-refractivity contribution is 7.99. The molecule has 1 aliphatic rings. The van der Waals surface area contributed by atoms with Gasteiger partial charge in [0.1, 0.15) is 18.0 Å². The van der Waals surface area contributed by atoms with Gasteiger partial charge >= 0.3 is 6.09 Å². The highest BCUT2D eigenvalue weighted by atomic mass is 32.2. The number of rotatable bonds is 10. The molecule has 224 valence electrons. The van der Waals surface area contributed by atoms with E-state index in [1.165, 1.54) is 34.0 Å². The number of amides is 1. The number of carbonyl (C=O) groups excluding carboxylic acids is 1. The Morgan fingerprint density at radius 1 is 0.886 bits per heavy atom. The lowest BCUT2D eigenvalue weighted by Crippen LogP contribution is -2.39. The van der Waals surface area contributed by atoms with Crippen molar-refractivity contribution in [2.75, 3.05) is 12.4 Å². The van der Waals surface area contributed by atoms with Crippen LogP contribution < -0.4 is 10.1 Å². The number of ether oxygens (including phenoxy) is 2. The second-order valence-corrected chi connectivity index (χ2v) is 12.7. The van der Waals surface area contributed by atoms with E-state index in [1.54, 1.807) is 4.68 Å². The zero-order chi connectivity index (χ0) is 30.5. The van der Waals surface area contributed by atoms with Crippen molar-refractivity contribution in [3.8, 4) is 22.6 Å². The van der Waals surface area contributed by atoms with Crippen LogP contribution >= 0.6 is 11.8 Å². The smallest absolute Gasteiger partial charge is 0.407 e. The maximum absolute atomic E-state index is 13.3. The molecule has 0 bridgehead atoms. The highest BCUT2D eigenvalue weighted by Crippen LogP contribution is 2.44. The van der Waals surface area contributed by atoms with Gasteiger partial charge in [0, 0.05) is 17.7 Å². The summed E-state index contributed by atoms with van der Waals surface area (Å²) in [5.41, 5.74) is 6.41. The Morgan fingerprint density at radius 2 is 1.52 bits per heavy atom. The van der Waals surface area contributed by atoms with Gasteiger partial charge in [0.05, 0.1) is 5.69 Å². The molecule has 1 atom stereocenters. The average molecular weight is 606 g/mol. The fraction of sp³-hybridized carbons (Fsp3) is 0.257. The molecule has 1 amide bonds. The number of thioether (sulfide) groups is 1. The number of para-hydroxylation sites is 1. The van der Waals surface area contributed by atoms with Gasteiger partial charge in [0.2, 0.25) is 5.16 Å². The van der Waals surface area contributed by atoms with Crippen LogP contribution in [0.5, 0.6) is 5.75 Å². The maximum atomic E-state index is 13.3. The van der Waals surface area contributed by atoms with Crippen LogP contribution in [0, 0.1) is 0 Å². The van der Waals surface area contributed by atoms with Gasteiger partial charge in [0.15, 0.2) is 0 Å². The van der Waals surface area contributed by atoms with Crippen molar-refractivity contribution >= 4 is 17.9 Å². The second-order valence-electron chi connectivity index (χ2n) is 11.7. The van der Waals surface area contributed by atoms with Crippen molar-refractivity contribution in [3.63, 3.8) is 0 Å². The standard InChI is InChI=1S/C35H35N5O3S/c1-35(2,3)43-27-19-17-24(18-20-27)21-25(23-44-33-37-38-39-40(33)26-11-5-4-6-12-26)36-34(41)42-22-32-30-15-9-7-13-28(30)29-14-8-10-16-31(29)32/h4-20,25,32H,21-23H2,1-3H3,(H,36,41)/t25-/m0/s1. The normalized spacial score (nSPS) is 13.2. The monoisotopic (exact) mass is 605 g/mol. The largest absolute Gasteiger partial charge is 0.488 e. The molecule has 4 aromatic carbocycles. The molecule has 1 heterocycles. The quantitative estimate of drug-likeness (QED) is 0.170. The number of benzene rings is 4. The molecular formula is C35H35N5O3S. The van der Waals surface area contributed by atoms with Crippen LogP contribution in [-0.2, 0) is 11.2 Å². The van der Waals surface area contributed by atoms with E-state index >= 15 is 0 Å². The summed E-state index contributed by atoms with van der Waals surface area (Å²) in [4.78, 5) is 13.3. The number of nitrogens with one attached hydrogen (secondary N) is 1. The van der Waals surface area contributed by atoms with Crippen LogP contribution in [0.4, 0.5) is 4.79 Å². The van der Waals surface area contributed by atoms with Gasteiger partial charge in [0.25, 0.3) is 0 Å². The van der Waals surface area contributed by atoms with Crippen LogP contribution in [0.15, 0.2) is 108 Å². The molecule has 6 rings (SSSR count). The zero-order valence-electron chi connectivity index (χ0n) is 25.0. The Hall–Kier alpha value is -4.63. The van der Waals surface area contributed by atoms with Crippen molar-refractivity contribution in [1.82, 2.24) is 25.5 Å². The first-order valence-corrected chi connectivity index (χ1v) is 15.7. The first-order valence-electron chi connectivity index (χ1n) is 14.7. The van der Waals surface area contributed by atoms with Gasteiger partial charge in [-0.1, -0.05) is 90.6 Å². The number of carbonyl (C=O) groups is 1. The molecule has 0 unspecified atom stereocenters. The number of fused-ring (bicyclic) bond motifs is 3. The summed E-state index contributed by atoms with van der Waals surface area (Å²) < 4.78 is 13.6. The molecule has 9 heteroatoms. The molecule has 0 saturated carbocycles. The summed E-state index contributed by atoms with van der Waals surface area (Å²) in [6.07, 6.45) is 0.146. The fourth-order valence-electron chi connectivity index (χ4n) is 5.47. The van der Waals surface area contributed by atoms with E-state index in [4.69, 9.17) is 9.47 Å². The van der Waals surface area contributed by atoms with Gasteiger partial charge in [-0.3, -0.25) is 0 Å². The predicted molar refractivity (Wildman–Crippen MR) is 172 cm³/mol. The molecular weight excluding hydrogens is 570 g/mol. The van der Waals surface area contributed by atoms with Gasteiger partial charge < -0.3 is 14.8 Å². The number of tetrazole rings is 1. The zero-order valence-corrected chi connectivity index (χ0v) is 25.8. The summed E-state index contributed by atoms with van der Waals surface area (Å²) in [6.45, 7) is 6.32. The first-order chi connectivity index (χ1) is 21.3. The Kier molecular flexibility index (Phi) is 8.65. The van der Waals surface area contributed by atoms with E-state index < -0.39 is 6.09 Å². The lowest BCUT2D eigenvalue weighted by Gasteiger charge is -2.22. The predicted octanol–water partition coefficient (Wildman–Crippen LogP) is 7.08. The molecule has 1 N–H and O–H groups in total. The highest BCUT2D eigenvalue weighted by Gasteiger charge is 2.29. The minimum atomic E-state index is -0.451. The third-order valence-corrected chi connectivity index (χ3v) is 8.43. The summed E-state index contributed by atoms with van der Waals surface area (Å²) >= 11 is 1.49. The summed E-state index contributed by atoms with van der Waals surface area (Å²) in [7, 11) is 0. The molecule has 44 heavy (non-hydrogen) atoms. The first kappa shape index (κ1) is 29.4. The van der Waals surface area contributed by atoms with Crippen molar-refractivity contribution in [2.45, 2.75) is 49.9 Å². The van der Waals surface area contributed by atoms with E-state index in [-0.39, 0.29) is 24.2 Å². The van der Waals surface area contributed by atoms with Gasteiger partial charge in [-0.2, -0.15) is 4.68 Å². The van der Waals surface area contributed by atoms with E-state index in [0.29, 0.717) is 17.3 Å². The number of hydrogen-bond acceptors (Lipinski definition) is 7. The van der Waals surface area contributed by atoms with Crippen LogP contribution in [0.25, 0.3) is 16.8 Å². The average Bonchev–Trinajstić information content (AvgIpc) is 3.62. The van der Waals surface area contributed by atoms with Crippen LogP contribution in [0.3, 0.4) is 0 Å². The van der Waals surface area contributed by atoms with Crippen molar-refractivity contribution in [2.24, 2.45) is 0 Å². The van der Waals surface area contributed by atoms with E-state index in [2.05, 4.69) is 45.1 Å². The Bertz CT molecular complexity index is 1670. The molecule has 0 spiro atoms. The van der Waals surface area contributed by atoms with Gasteiger partial charge in [-0.25, -0.2) is 4.79 Å². The van der Waals surface area contributed by atoms with Crippen LogP contribution in [0.1, 0.15) is 43.4 Å². The molecule has 1 aromatic heterocycles. The van der Waals surface area contributed by atoms with Gasteiger partial charge in [-0.15, -0.1) is 5.10 Å². The van der Waals surface area contributed by atoms with Crippen LogP contribution in [-0.4, -0.2) is 50.3 Å². The molecule has 0 saturated heterocycles. The number of alkyl carbamates (subject to hydrolysis) is 1. The molecule has 0 fully saturated rings. The van der Waals surface area contributed by atoms with Gasteiger partial charge in [-0.05, 0) is 89.7 Å². The third kappa shape index (κ3) is 6.94. The fourth-order valence-corrected chi connectivity index (χ4v) is 6.38. The molecule has 0 aliphatic heterocycles. The lowest BCUT2D eigenvalue weighted by molar-refractivity contribution is 0.131.